The summed E-state index contributed by atoms with van der Waals surface area (Å²) in [6, 6.07) is 64.2. The average molecular weight is 615 g/mol. The Bertz CT molecular complexity index is 2440. The van der Waals surface area contributed by atoms with Crippen LogP contribution in [0.15, 0.2) is 186 Å². The second-order valence-electron chi connectivity index (χ2n) is 12.1. The minimum absolute atomic E-state index is 0.639. The maximum atomic E-state index is 6.25. The Morgan fingerprint density at radius 3 is 1.42 bits per heavy atom. The molecule has 9 rings (SSSR count). The zero-order valence-electron chi connectivity index (χ0n) is 26.1. The molecule has 0 fully saturated rings. The van der Waals surface area contributed by atoms with Gasteiger partial charge in [-0.1, -0.05) is 121 Å². The SMILES string of the molecule is c1ccc(-c2ccc(N(c3ccc(-c4ccccc4)cc3)c3ccc4c(ccc5cc6nc(-c7ccccc7)oc6cc54)c3)cc2)cc1. The highest BCUT2D eigenvalue weighted by atomic mass is 16.3. The number of oxazole rings is 1. The summed E-state index contributed by atoms with van der Waals surface area (Å²) in [5.74, 6) is 0.639. The summed E-state index contributed by atoms with van der Waals surface area (Å²) < 4.78 is 6.25. The molecule has 3 heteroatoms. The summed E-state index contributed by atoms with van der Waals surface area (Å²) in [6.07, 6.45) is 0. The minimum atomic E-state index is 0.639. The second-order valence-corrected chi connectivity index (χ2v) is 12.1. The molecule has 0 amide bonds. The monoisotopic (exact) mass is 614 g/mol. The van der Waals surface area contributed by atoms with Crippen LogP contribution in [0.4, 0.5) is 17.1 Å². The van der Waals surface area contributed by atoms with Crippen molar-refractivity contribution < 1.29 is 4.42 Å². The van der Waals surface area contributed by atoms with Crippen molar-refractivity contribution in [3.05, 3.63) is 182 Å². The van der Waals surface area contributed by atoms with Gasteiger partial charge in [-0.05, 0) is 104 Å². The van der Waals surface area contributed by atoms with E-state index in [0.717, 1.165) is 49.9 Å². The molecule has 0 aliphatic heterocycles. The lowest BCUT2D eigenvalue weighted by Gasteiger charge is -2.26. The van der Waals surface area contributed by atoms with E-state index < -0.39 is 0 Å². The van der Waals surface area contributed by atoms with Crippen LogP contribution in [0.2, 0.25) is 0 Å². The highest BCUT2D eigenvalue weighted by Crippen LogP contribution is 2.39. The minimum Gasteiger partial charge on any atom is -0.436 e. The molecule has 0 radical (unpaired) electrons. The first-order valence-electron chi connectivity index (χ1n) is 16.2. The van der Waals surface area contributed by atoms with Gasteiger partial charge in [0, 0.05) is 22.6 Å². The topological polar surface area (TPSA) is 29.3 Å². The van der Waals surface area contributed by atoms with Gasteiger partial charge >= 0.3 is 0 Å². The van der Waals surface area contributed by atoms with E-state index in [1.54, 1.807) is 0 Å². The summed E-state index contributed by atoms with van der Waals surface area (Å²) in [5, 5.41) is 4.62. The van der Waals surface area contributed by atoms with Gasteiger partial charge in [-0.25, -0.2) is 4.98 Å². The van der Waals surface area contributed by atoms with E-state index in [9.17, 15) is 0 Å². The van der Waals surface area contributed by atoms with Crippen LogP contribution in [-0.2, 0) is 0 Å². The van der Waals surface area contributed by atoms with Gasteiger partial charge in [0.15, 0.2) is 5.58 Å². The Morgan fingerprint density at radius 2 is 0.854 bits per heavy atom. The molecule has 0 N–H and O–H groups in total. The Morgan fingerprint density at radius 1 is 0.375 bits per heavy atom. The van der Waals surface area contributed by atoms with Crippen molar-refractivity contribution in [3.8, 4) is 33.7 Å². The third-order valence-corrected chi connectivity index (χ3v) is 9.07. The Balaban J connectivity index is 1.14. The third-order valence-electron chi connectivity index (χ3n) is 9.07. The molecule has 0 unspecified atom stereocenters. The summed E-state index contributed by atoms with van der Waals surface area (Å²) >= 11 is 0. The van der Waals surface area contributed by atoms with E-state index in [-0.39, 0.29) is 0 Å². The number of rotatable bonds is 6. The predicted molar refractivity (Wildman–Crippen MR) is 200 cm³/mol. The summed E-state index contributed by atoms with van der Waals surface area (Å²) in [6.45, 7) is 0. The van der Waals surface area contributed by atoms with E-state index in [1.807, 2.05) is 30.3 Å². The molecule has 0 aliphatic rings. The van der Waals surface area contributed by atoms with Crippen LogP contribution in [-0.4, -0.2) is 4.98 Å². The van der Waals surface area contributed by atoms with Gasteiger partial charge in [0.05, 0.1) is 0 Å². The van der Waals surface area contributed by atoms with E-state index >= 15 is 0 Å². The smallest absolute Gasteiger partial charge is 0.227 e. The zero-order chi connectivity index (χ0) is 31.9. The highest BCUT2D eigenvalue weighted by molar-refractivity contribution is 6.12. The number of aromatic nitrogens is 1. The largest absolute Gasteiger partial charge is 0.436 e. The average Bonchev–Trinajstić information content (AvgIpc) is 3.59. The quantitative estimate of drug-likeness (QED) is 0.175. The van der Waals surface area contributed by atoms with Crippen LogP contribution >= 0.6 is 0 Å². The standard InChI is InChI=1S/C45H30N2O/c1-4-10-31(11-5-1)33-18-22-38(23-19-33)47(39-24-20-34(21-25-39)32-12-6-2-7-13-32)40-26-27-41-36(28-40)16-17-37-29-43-44(30-42(37)41)48-45(46-43)35-14-8-3-9-15-35/h1-30H. The van der Waals surface area contributed by atoms with Crippen LogP contribution in [0.5, 0.6) is 0 Å². The molecule has 0 bridgehead atoms. The first-order chi connectivity index (χ1) is 23.8. The van der Waals surface area contributed by atoms with E-state index in [0.29, 0.717) is 5.89 Å². The number of nitrogens with zero attached hydrogens (tertiary/aromatic N) is 2. The van der Waals surface area contributed by atoms with Crippen molar-refractivity contribution in [2.45, 2.75) is 0 Å². The van der Waals surface area contributed by atoms with Crippen molar-refractivity contribution in [2.24, 2.45) is 0 Å². The molecule has 1 heterocycles. The van der Waals surface area contributed by atoms with Crippen LogP contribution in [0.1, 0.15) is 0 Å². The second kappa shape index (κ2) is 11.7. The Kier molecular flexibility index (Phi) is 6.80. The van der Waals surface area contributed by atoms with Crippen LogP contribution in [0, 0.1) is 0 Å². The number of anilines is 3. The molecule has 9 aromatic rings. The van der Waals surface area contributed by atoms with Gasteiger partial charge in [0.2, 0.25) is 5.89 Å². The molecule has 0 spiro atoms. The molecule has 0 aliphatic carbocycles. The van der Waals surface area contributed by atoms with E-state index in [4.69, 9.17) is 9.40 Å². The van der Waals surface area contributed by atoms with Crippen molar-refractivity contribution >= 4 is 49.7 Å². The van der Waals surface area contributed by atoms with Gasteiger partial charge in [-0.3, -0.25) is 0 Å². The summed E-state index contributed by atoms with van der Waals surface area (Å²) in [7, 11) is 0. The van der Waals surface area contributed by atoms with E-state index in [2.05, 4.69) is 157 Å². The third kappa shape index (κ3) is 5.08. The molecule has 0 saturated carbocycles. The van der Waals surface area contributed by atoms with Crippen LogP contribution in [0.3, 0.4) is 0 Å². The number of fused-ring (bicyclic) bond motifs is 4. The summed E-state index contributed by atoms with van der Waals surface area (Å²) in [5.41, 5.74) is 10.7. The maximum Gasteiger partial charge on any atom is 0.227 e. The predicted octanol–water partition coefficient (Wildman–Crippen LogP) is 12.6. The van der Waals surface area contributed by atoms with Gasteiger partial charge in [0.25, 0.3) is 0 Å². The van der Waals surface area contributed by atoms with Crippen molar-refractivity contribution in [3.63, 3.8) is 0 Å². The lowest BCUT2D eigenvalue weighted by Crippen LogP contribution is -2.09. The fourth-order valence-electron chi connectivity index (χ4n) is 6.63. The molecule has 3 nitrogen and oxygen atoms in total. The Hall–Kier alpha value is -6.45. The van der Waals surface area contributed by atoms with Crippen LogP contribution in [0.25, 0.3) is 66.4 Å². The molecular weight excluding hydrogens is 585 g/mol. The molecule has 0 saturated heterocycles. The van der Waals surface area contributed by atoms with Crippen molar-refractivity contribution in [1.82, 2.24) is 4.98 Å². The van der Waals surface area contributed by atoms with Crippen LogP contribution < -0.4 is 4.90 Å². The molecule has 8 aromatic carbocycles. The number of benzene rings is 8. The van der Waals surface area contributed by atoms with Gasteiger partial charge < -0.3 is 9.32 Å². The van der Waals surface area contributed by atoms with Crippen molar-refractivity contribution in [2.75, 3.05) is 4.90 Å². The number of hydrogen-bond acceptors (Lipinski definition) is 3. The van der Waals surface area contributed by atoms with Gasteiger partial charge in [-0.2, -0.15) is 0 Å². The molecule has 48 heavy (non-hydrogen) atoms. The first-order valence-corrected chi connectivity index (χ1v) is 16.2. The summed E-state index contributed by atoms with van der Waals surface area (Å²) in [4.78, 5) is 7.13. The molecule has 226 valence electrons. The normalized spacial score (nSPS) is 11.3. The molecule has 0 atom stereocenters. The zero-order valence-corrected chi connectivity index (χ0v) is 26.1. The molecule has 1 aromatic heterocycles. The maximum absolute atomic E-state index is 6.25. The van der Waals surface area contributed by atoms with E-state index in [1.165, 1.54) is 27.6 Å². The fourth-order valence-corrected chi connectivity index (χ4v) is 6.63. The lowest BCUT2D eigenvalue weighted by atomic mass is 10.00. The highest BCUT2D eigenvalue weighted by Gasteiger charge is 2.16. The van der Waals surface area contributed by atoms with Gasteiger partial charge in [-0.15, -0.1) is 0 Å². The number of hydrogen-bond donors (Lipinski definition) is 0. The lowest BCUT2D eigenvalue weighted by molar-refractivity contribution is 0.620. The molecular formula is C45H30N2O. The first kappa shape index (κ1) is 27.8. The van der Waals surface area contributed by atoms with Crippen molar-refractivity contribution in [1.29, 1.82) is 0 Å². The van der Waals surface area contributed by atoms with Gasteiger partial charge in [0.1, 0.15) is 5.52 Å². The fraction of sp³-hybridized carbons (Fsp3) is 0. The Labute approximate surface area is 279 Å².